The Morgan fingerprint density at radius 2 is 1.89 bits per heavy atom. The van der Waals surface area contributed by atoms with Gasteiger partial charge < -0.3 is 5.73 Å². The topological polar surface area (TPSA) is 72.2 Å². The molecule has 1 rings (SSSR count). The molecule has 0 aromatic heterocycles. The SMILES string of the molecule is CC(C)CCS(=O)(=O)NC(C(N)=S)C1CCCCC1. The van der Waals surface area contributed by atoms with Crippen molar-refractivity contribution >= 4 is 27.2 Å². The Labute approximate surface area is 122 Å². The van der Waals surface area contributed by atoms with Crippen LogP contribution in [0.5, 0.6) is 0 Å². The predicted molar refractivity (Wildman–Crippen MR) is 83.5 cm³/mol. The molecule has 4 nitrogen and oxygen atoms in total. The molecule has 3 N–H and O–H groups in total. The number of hydrogen-bond donors (Lipinski definition) is 2. The van der Waals surface area contributed by atoms with E-state index in [0.717, 1.165) is 25.7 Å². The largest absolute Gasteiger partial charge is 0.392 e. The van der Waals surface area contributed by atoms with Crippen LogP contribution < -0.4 is 10.5 Å². The number of rotatable bonds is 7. The third kappa shape index (κ3) is 6.19. The molecule has 1 aliphatic rings. The van der Waals surface area contributed by atoms with E-state index in [1.165, 1.54) is 6.42 Å². The second-order valence-corrected chi connectivity index (χ2v) is 8.24. The Hall–Kier alpha value is -0.200. The van der Waals surface area contributed by atoms with Crippen LogP contribution in [0.1, 0.15) is 52.4 Å². The molecule has 112 valence electrons. The molecule has 0 radical (unpaired) electrons. The van der Waals surface area contributed by atoms with Crippen molar-refractivity contribution < 1.29 is 8.42 Å². The van der Waals surface area contributed by atoms with E-state index in [-0.39, 0.29) is 22.7 Å². The molecule has 0 aliphatic heterocycles. The van der Waals surface area contributed by atoms with Gasteiger partial charge in [0.1, 0.15) is 0 Å². The fourth-order valence-corrected chi connectivity index (χ4v) is 4.43. The number of thiocarbonyl (C=S) groups is 1. The highest BCUT2D eigenvalue weighted by Gasteiger charge is 2.29. The second-order valence-electron chi connectivity index (χ2n) is 5.90. The maximum atomic E-state index is 12.1. The van der Waals surface area contributed by atoms with Crippen LogP contribution >= 0.6 is 12.2 Å². The zero-order valence-electron chi connectivity index (χ0n) is 11.9. The molecule has 1 fully saturated rings. The molecule has 6 heteroatoms. The minimum Gasteiger partial charge on any atom is -0.392 e. The minimum atomic E-state index is -3.29. The lowest BCUT2D eigenvalue weighted by atomic mass is 9.84. The van der Waals surface area contributed by atoms with Gasteiger partial charge in [-0.2, -0.15) is 0 Å². The molecular formula is C13H26N2O2S2. The van der Waals surface area contributed by atoms with E-state index in [2.05, 4.69) is 4.72 Å². The van der Waals surface area contributed by atoms with Gasteiger partial charge in [0, 0.05) is 0 Å². The zero-order valence-corrected chi connectivity index (χ0v) is 13.5. The molecule has 0 heterocycles. The number of hydrogen-bond acceptors (Lipinski definition) is 3. The maximum absolute atomic E-state index is 12.1. The molecular weight excluding hydrogens is 280 g/mol. The molecule has 19 heavy (non-hydrogen) atoms. The van der Waals surface area contributed by atoms with Crippen molar-refractivity contribution in [3.05, 3.63) is 0 Å². The molecule has 1 saturated carbocycles. The molecule has 0 bridgehead atoms. The Kier molecular flexibility index (Phi) is 6.69. The maximum Gasteiger partial charge on any atom is 0.212 e. The fraction of sp³-hybridized carbons (Fsp3) is 0.923. The zero-order chi connectivity index (χ0) is 14.5. The summed E-state index contributed by atoms with van der Waals surface area (Å²) in [5.41, 5.74) is 5.74. The van der Waals surface area contributed by atoms with Crippen molar-refractivity contribution in [2.45, 2.75) is 58.4 Å². The summed E-state index contributed by atoms with van der Waals surface area (Å²) in [5, 5.41) is 0. The number of nitrogens with one attached hydrogen (secondary N) is 1. The first kappa shape index (κ1) is 16.9. The van der Waals surface area contributed by atoms with Gasteiger partial charge in [-0.05, 0) is 31.1 Å². The fourth-order valence-electron chi connectivity index (χ4n) is 2.50. The highest BCUT2D eigenvalue weighted by atomic mass is 32.2. The van der Waals surface area contributed by atoms with Gasteiger partial charge in [-0.1, -0.05) is 45.3 Å². The average Bonchev–Trinajstić information content (AvgIpc) is 2.35. The minimum absolute atomic E-state index is 0.149. The van der Waals surface area contributed by atoms with E-state index in [1.54, 1.807) is 0 Å². The summed E-state index contributed by atoms with van der Waals surface area (Å²) in [7, 11) is -3.29. The van der Waals surface area contributed by atoms with Crippen LogP contribution in [-0.4, -0.2) is 25.2 Å². The van der Waals surface area contributed by atoms with E-state index in [1.807, 2.05) is 13.8 Å². The molecule has 0 aromatic carbocycles. The van der Waals surface area contributed by atoms with Crippen molar-refractivity contribution in [1.82, 2.24) is 4.72 Å². The summed E-state index contributed by atoms with van der Waals surface area (Å²) in [6, 6.07) is -0.368. The van der Waals surface area contributed by atoms with Gasteiger partial charge in [0.25, 0.3) is 0 Å². The quantitative estimate of drug-likeness (QED) is 0.707. The van der Waals surface area contributed by atoms with E-state index in [0.29, 0.717) is 12.3 Å². The summed E-state index contributed by atoms with van der Waals surface area (Å²) in [4.78, 5) is 0.278. The van der Waals surface area contributed by atoms with E-state index in [9.17, 15) is 8.42 Å². The first-order valence-corrected chi connectivity index (χ1v) is 9.17. The smallest absolute Gasteiger partial charge is 0.212 e. The van der Waals surface area contributed by atoms with Crippen LogP contribution in [0.2, 0.25) is 0 Å². The van der Waals surface area contributed by atoms with Gasteiger partial charge in [0.2, 0.25) is 10.0 Å². The van der Waals surface area contributed by atoms with Crippen LogP contribution in [0, 0.1) is 11.8 Å². The average molecular weight is 306 g/mol. The van der Waals surface area contributed by atoms with Gasteiger partial charge in [0.15, 0.2) is 0 Å². The molecule has 0 spiro atoms. The Balaban J connectivity index is 2.64. The Morgan fingerprint density at radius 1 is 1.32 bits per heavy atom. The predicted octanol–water partition coefficient (Wildman–Crippen LogP) is 2.19. The monoisotopic (exact) mass is 306 g/mol. The first-order chi connectivity index (χ1) is 8.82. The molecule has 0 aromatic rings. The lowest BCUT2D eigenvalue weighted by molar-refractivity contribution is 0.330. The van der Waals surface area contributed by atoms with Crippen molar-refractivity contribution in [3.63, 3.8) is 0 Å². The summed E-state index contributed by atoms with van der Waals surface area (Å²) < 4.78 is 26.9. The van der Waals surface area contributed by atoms with E-state index >= 15 is 0 Å². The molecule has 0 amide bonds. The molecule has 1 atom stereocenters. The first-order valence-electron chi connectivity index (χ1n) is 7.11. The number of sulfonamides is 1. The summed E-state index contributed by atoms with van der Waals surface area (Å²) in [5.74, 6) is 0.783. The van der Waals surface area contributed by atoms with Crippen molar-refractivity contribution in [2.24, 2.45) is 17.6 Å². The van der Waals surface area contributed by atoms with Gasteiger partial charge in [0.05, 0.1) is 16.8 Å². The van der Waals surface area contributed by atoms with Crippen LogP contribution in [0.25, 0.3) is 0 Å². The number of nitrogens with two attached hydrogens (primary N) is 1. The highest BCUT2D eigenvalue weighted by Crippen LogP contribution is 2.27. The second kappa shape index (κ2) is 7.55. The lowest BCUT2D eigenvalue weighted by Crippen LogP contribution is -2.49. The third-order valence-electron chi connectivity index (χ3n) is 3.70. The Bertz CT molecular complexity index is 387. The lowest BCUT2D eigenvalue weighted by Gasteiger charge is -2.30. The van der Waals surface area contributed by atoms with Gasteiger partial charge >= 0.3 is 0 Å². The molecule has 1 aliphatic carbocycles. The summed E-state index contributed by atoms with van der Waals surface area (Å²) in [6.07, 6.45) is 6.17. The standard InChI is InChI=1S/C13H26N2O2S2/c1-10(2)8-9-19(16,17)15-12(13(14)18)11-6-4-3-5-7-11/h10-12,15H,3-9H2,1-2H3,(H2,14,18). The van der Waals surface area contributed by atoms with Gasteiger partial charge in [-0.3, -0.25) is 0 Å². The highest BCUT2D eigenvalue weighted by molar-refractivity contribution is 7.89. The van der Waals surface area contributed by atoms with Crippen LogP contribution in [0.3, 0.4) is 0 Å². The molecule has 0 saturated heterocycles. The Morgan fingerprint density at radius 3 is 2.37 bits per heavy atom. The van der Waals surface area contributed by atoms with Crippen molar-refractivity contribution in [3.8, 4) is 0 Å². The van der Waals surface area contributed by atoms with E-state index in [4.69, 9.17) is 18.0 Å². The summed E-state index contributed by atoms with van der Waals surface area (Å²) >= 11 is 5.05. The van der Waals surface area contributed by atoms with Crippen molar-refractivity contribution in [1.29, 1.82) is 0 Å². The summed E-state index contributed by atoms with van der Waals surface area (Å²) in [6.45, 7) is 4.03. The van der Waals surface area contributed by atoms with Gasteiger partial charge in [-0.15, -0.1) is 0 Å². The van der Waals surface area contributed by atoms with Gasteiger partial charge in [-0.25, -0.2) is 13.1 Å². The van der Waals surface area contributed by atoms with Crippen LogP contribution in [-0.2, 0) is 10.0 Å². The van der Waals surface area contributed by atoms with Crippen molar-refractivity contribution in [2.75, 3.05) is 5.75 Å². The third-order valence-corrected chi connectivity index (χ3v) is 5.34. The molecule has 1 unspecified atom stereocenters. The van der Waals surface area contributed by atoms with Crippen LogP contribution in [0.4, 0.5) is 0 Å². The normalized spacial score (nSPS) is 19.5. The van der Waals surface area contributed by atoms with E-state index < -0.39 is 10.0 Å². The van der Waals surface area contributed by atoms with Crippen LogP contribution in [0.15, 0.2) is 0 Å².